The van der Waals surface area contributed by atoms with Crippen LogP contribution in [0.1, 0.15) is 0 Å². The van der Waals surface area contributed by atoms with Crippen molar-refractivity contribution in [1.82, 2.24) is 4.98 Å². The highest BCUT2D eigenvalue weighted by Crippen LogP contribution is 2.46. The number of rotatable bonds is 5. The van der Waals surface area contributed by atoms with Gasteiger partial charge < -0.3 is 13.7 Å². The Kier molecular flexibility index (Phi) is 6.76. The van der Waals surface area contributed by atoms with Gasteiger partial charge in [-0.15, -0.1) is 11.3 Å². The van der Waals surface area contributed by atoms with Crippen LogP contribution < -0.4 is 4.90 Å². The van der Waals surface area contributed by atoms with Gasteiger partial charge in [-0.25, -0.2) is 4.98 Å². The Labute approximate surface area is 325 Å². The second-order valence-electron chi connectivity index (χ2n) is 14.3. The van der Waals surface area contributed by atoms with Gasteiger partial charge in [-0.1, -0.05) is 103 Å². The maximum atomic E-state index is 6.61. The van der Waals surface area contributed by atoms with Crippen LogP contribution in [0.2, 0.25) is 0 Å². The third-order valence-electron chi connectivity index (χ3n) is 11.1. The summed E-state index contributed by atoms with van der Waals surface area (Å²) in [5.74, 6) is 0.619. The normalized spacial score (nSPS) is 11.9. The van der Waals surface area contributed by atoms with Crippen LogP contribution in [0.3, 0.4) is 0 Å². The van der Waals surface area contributed by atoms with E-state index in [0.29, 0.717) is 5.89 Å². The van der Waals surface area contributed by atoms with E-state index < -0.39 is 0 Å². The van der Waals surface area contributed by atoms with E-state index in [-0.39, 0.29) is 0 Å². The van der Waals surface area contributed by atoms with Crippen LogP contribution in [-0.2, 0) is 0 Å². The molecule has 0 unspecified atom stereocenters. The van der Waals surface area contributed by atoms with Crippen molar-refractivity contribution in [2.24, 2.45) is 0 Å². The van der Waals surface area contributed by atoms with Crippen LogP contribution >= 0.6 is 11.3 Å². The molecule has 5 heteroatoms. The first-order valence-corrected chi connectivity index (χ1v) is 19.6. The molecule has 0 amide bonds. The van der Waals surface area contributed by atoms with Crippen molar-refractivity contribution in [2.75, 3.05) is 4.90 Å². The fraction of sp³-hybridized carbons (Fsp3) is 0. The van der Waals surface area contributed by atoms with Crippen molar-refractivity contribution in [3.63, 3.8) is 0 Å². The molecule has 0 aliphatic carbocycles. The molecule has 0 aliphatic rings. The largest absolute Gasteiger partial charge is 0.456 e. The number of furan rings is 1. The maximum Gasteiger partial charge on any atom is 0.227 e. The first-order chi connectivity index (χ1) is 27.7. The van der Waals surface area contributed by atoms with Gasteiger partial charge in [0.15, 0.2) is 5.58 Å². The van der Waals surface area contributed by atoms with Crippen LogP contribution in [0.15, 0.2) is 191 Å². The van der Waals surface area contributed by atoms with Crippen molar-refractivity contribution in [2.45, 2.75) is 0 Å². The highest BCUT2D eigenvalue weighted by Gasteiger charge is 2.20. The average Bonchev–Trinajstić information content (AvgIpc) is 3.97. The summed E-state index contributed by atoms with van der Waals surface area (Å²) in [5.41, 5.74) is 9.87. The quantitative estimate of drug-likeness (QED) is 0.165. The van der Waals surface area contributed by atoms with Gasteiger partial charge in [0, 0.05) is 65.0 Å². The number of benzene rings is 9. The summed E-state index contributed by atoms with van der Waals surface area (Å²) in [4.78, 5) is 7.29. The predicted octanol–water partition coefficient (Wildman–Crippen LogP) is 15.2. The maximum absolute atomic E-state index is 6.61. The van der Waals surface area contributed by atoms with Crippen LogP contribution in [0.4, 0.5) is 17.1 Å². The van der Waals surface area contributed by atoms with E-state index in [4.69, 9.17) is 13.8 Å². The fourth-order valence-electron chi connectivity index (χ4n) is 8.47. The van der Waals surface area contributed by atoms with Gasteiger partial charge in [0.05, 0.1) is 0 Å². The molecule has 0 aliphatic heterocycles. The number of fused-ring (bicyclic) bond motifs is 11. The molecule has 0 saturated heterocycles. The number of nitrogens with zero attached hydrogens (tertiary/aromatic N) is 2. The zero-order chi connectivity index (χ0) is 36.7. The molecule has 3 aromatic heterocycles. The lowest BCUT2D eigenvalue weighted by molar-refractivity contribution is 0.623. The summed E-state index contributed by atoms with van der Waals surface area (Å²) in [6.07, 6.45) is 0. The van der Waals surface area contributed by atoms with E-state index in [9.17, 15) is 0 Å². The molecule has 3 heterocycles. The number of anilines is 3. The van der Waals surface area contributed by atoms with E-state index >= 15 is 0 Å². The van der Waals surface area contributed by atoms with Gasteiger partial charge in [-0.2, -0.15) is 0 Å². The summed E-state index contributed by atoms with van der Waals surface area (Å²) in [5, 5.41) is 9.12. The van der Waals surface area contributed by atoms with E-state index in [2.05, 4.69) is 144 Å². The molecule has 9 aromatic carbocycles. The molecule has 262 valence electrons. The van der Waals surface area contributed by atoms with Crippen LogP contribution in [0, 0.1) is 0 Å². The predicted molar refractivity (Wildman–Crippen MR) is 235 cm³/mol. The van der Waals surface area contributed by atoms with E-state index in [1.807, 2.05) is 53.8 Å². The summed E-state index contributed by atoms with van der Waals surface area (Å²) in [7, 11) is 0. The Bertz CT molecular complexity index is 3490. The highest BCUT2D eigenvalue weighted by atomic mass is 32.1. The summed E-state index contributed by atoms with van der Waals surface area (Å²) < 4.78 is 15.6. The van der Waals surface area contributed by atoms with Gasteiger partial charge in [0.1, 0.15) is 16.7 Å². The van der Waals surface area contributed by atoms with Crippen molar-refractivity contribution in [3.05, 3.63) is 182 Å². The van der Waals surface area contributed by atoms with Crippen molar-refractivity contribution in [1.29, 1.82) is 0 Å². The Morgan fingerprint density at radius 3 is 1.98 bits per heavy atom. The molecule has 56 heavy (non-hydrogen) atoms. The molecule has 0 bridgehead atoms. The molecular formula is C51H30N2O2S. The lowest BCUT2D eigenvalue weighted by Crippen LogP contribution is -2.09. The second kappa shape index (κ2) is 12.2. The molecule has 0 radical (unpaired) electrons. The molecule has 0 fully saturated rings. The van der Waals surface area contributed by atoms with Gasteiger partial charge in [-0.05, 0) is 100 Å². The number of para-hydroxylation sites is 1. The zero-order valence-corrected chi connectivity index (χ0v) is 30.8. The third-order valence-corrected chi connectivity index (χ3v) is 12.2. The zero-order valence-electron chi connectivity index (χ0n) is 29.9. The van der Waals surface area contributed by atoms with Gasteiger partial charge >= 0.3 is 0 Å². The minimum atomic E-state index is 0.619. The first kappa shape index (κ1) is 31.2. The van der Waals surface area contributed by atoms with E-state index in [1.165, 1.54) is 31.3 Å². The Hall–Kier alpha value is -7.21. The molecular weight excluding hydrogens is 705 g/mol. The molecule has 12 aromatic rings. The van der Waals surface area contributed by atoms with Crippen molar-refractivity contribution in [3.8, 4) is 22.6 Å². The van der Waals surface area contributed by atoms with Crippen molar-refractivity contribution >= 4 is 103 Å². The summed E-state index contributed by atoms with van der Waals surface area (Å²) in [6, 6.07) is 64.5. The lowest BCUT2D eigenvalue weighted by Gasteiger charge is -2.26. The average molecular weight is 735 g/mol. The van der Waals surface area contributed by atoms with E-state index in [1.54, 1.807) is 0 Å². The van der Waals surface area contributed by atoms with Crippen molar-refractivity contribution < 1.29 is 8.83 Å². The topological polar surface area (TPSA) is 42.4 Å². The minimum absolute atomic E-state index is 0.619. The first-order valence-electron chi connectivity index (χ1n) is 18.8. The highest BCUT2D eigenvalue weighted by molar-refractivity contribution is 7.26. The Balaban J connectivity index is 1.11. The van der Waals surface area contributed by atoms with Crippen LogP contribution in [-0.4, -0.2) is 4.98 Å². The van der Waals surface area contributed by atoms with Gasteiger partial charge in [0.2, 0.25) is 5.89 Å². The molecule has 0 atom stereocenters. The monoisotopic (exact) mass is 734 g/mol. The molecule has 0 saturated carbocycles. The smallest absolute Gasteiger partial charge is 0.227 e. The number of hydrogen-bond donors (Lipinski definition) is 0. The standard InChI is InChI=1S/C51H30N2O2S/c1-3-10-31(11-4-1)38-15-9-17-47-49(38)42-29-36(24-27-46(42)56-47)53(37-23-25-40-39-14-7-8-16-44(39)54-45(40)30-37)35-22-20-32-18-19-33-21-26-43-50(48(33)41(32)28-35)55-51(52-43)34-12-5-2-6-13-34/h1-30H. The third kappa shape index (κ3) is 4.81. The minimum Gasteiger partial charge on any atom is -0.456 e. The SMILES string of the molecule is c1ccc(-c2nc3ccc4ccc5ccc(N(c6ccc7c(c6)oc6ccccc67)c6ccc7sc8cccc(-c9ccccc9)c8c7c6)cc5c4c3o2)cc1. The van der Waals surface area contributed by atoms with Crippen LogP contribution in [0.5, 0.6) is 0 Å². The number of thiophene rings is 1. The molecule has 12 rings (SSSR count). The second-order valence-corrected chi connectivity index (χ2v) is 15.4. The summed E-state index contributed by atoms with van der Waals surface area (Å²) in [6.45, 7) is 0. The lowest BCUT2D eigenvalue weighted by atomic mass is 9.99. The summed E-state index contributed by atoms with van der Waals surface area (Å²) >= 11 is 1.84. The number of hydrogen-bond acceptors (Lipinski definition) is 5. The Morgan fingerprint density at radius 1 is 0.429 bits per heavy atom. The van der Waals surface area contributed by atoms with E-state index in [0.717, 1.165) is 77.2 Å². The van der Waals surface area contributed by atoms with Gasteiger partial charge in [0.25, 0.3) is 0 Å². The van der Waals surface area contributed by atoms with Crippen LogP contribution in [0.25, 0.3) is 97.3 Å². The Morgan fingerprint density at radius 2 is 1.11 bits per heavy atom. The molecule has 0 N–H and O–H groups in total. The molecule has 4 nitrogen and oxygen atoms in total. The fourth-order valence-corrected chi connectivity index (χ4v) is 9.58. The molecule has 0 spiro atoms. The number of aromatic nitrogens is 1. The van der Waals surface area contributed by atoms with Gasteiger partial charge in [-0.3, -0.25) is 0 Å². The number of oxazole rings is 1.